The maximum atomic E-state index is 3.66. The van der Waals surface area contributed by atoms with Gasteiger partial charge >= 0.3 is 0 Å². The topological polar surface area (TPSA) is 15.3 Å². The largest absolute Gasteiger partial charge is 0.356 e. The number of hydrogen-bond acceptors (Lipinski definition) is 3. The Balaban J connectivity index is 1.15. The van der Waals surface area contributed by atoms with E-state index in [9.17, 15) is 0 Å². The lowest BCUT2D eigenvalue weighted by molar-refractivity contribution is 0.802. The van der Waals surface area contributed by atoms with Crippen molar-refractivity contribution in [2.75, 3.05) is 10.2 Å². The Morgan fingerprint density at radius 3 is 1.83 bits per heavy atom. The SMILES string of the molecule is c1ccc(Nc2ccc3c4c(ccc3c2)-c2c(cc(N(c3ccccc3)c3cccc5c3sc3ccccc35)c3ccccc23)C42c3ccccc3-c3ccccc32)cc1. The highest BCUT2D eigenvalue weighted by molar-refractivity contribution is 7.26. The number of hydrogen-bond donors (Lipinski definition) is 1. The molecule has 10 aromatic carbocycles. The van der Waals surface area contributed by atoms with Crippen LogP contribution < -0.4 is 10.2 Å². The number of rotatable bonds is 5. The third-order valence-corrected chi connectivity index (χ3v) is 14.2. The molecule has 0 unspecified atom stereocenters. The molecule has 0 aliphatic heterocycles. The lowest BCUT2D eigenvalue weighted by Gasteiger charge is -2.33. The van der Waals surface area contributed by atoms with Crippen molar-refractivity contribution in [2.45, 2.75) is 5.41 Å². The van der Waals surface area contributed by atoms with Gasteiger partial charge in [0.05, 0.1) is 21.5 Å². The van der Waals surface area contributed by atoms with E-state index >= 15 is 0 Å². The molecule has 60 heavy (non-hydrogen) atoms. The lowest BCUT2D eigenvalue weighted by atomic mass is 9.69. The summed E-state index contributed by atoms with van der Waals surface area (Å²) < 4.78 is 2.59. The van der Waals surface area contributed by atoms with Gasteiger partial charge in [-0.2, -0.15) is 0 Å². The average Bonchev–Trinajstić information content (AvgIpc) is 3.94. The van der Waals surface area contributed by atoms with E-state index in [4.69, 9.17) is 0 Å². The zero-order chi connectivity index (χ0) is 39.4. The molecule has 1 aromatic heterocycles. The smallest absolute Gasteiger partial charge is 0.0732 e. The van der Waals surface area contributed by atoms with Gasteiger partial charge in [0.25, 0.3) is 0 Å². The van der Waals surface area contributed by atoms with Gasteiger partial charge in [0.1, 0.15) is 0 Å². The molecule has 2 aliphatic carbocycles. The molecule has 0 fully saturated rings. The maximum Gasteiger partial charge on any atom is 0.0732 e. The standard InChI is InChI=1S/C57H36N2S/c1-3-16-37(17-4-1)58-38-31-33-40-36(34-38)30-32-47-54-45-24-8-7-22-43(45)52(35-50(54)57(55(40)47)48-26-12-9-20-41(48)42-21-10-13-27-49(42)57)59(39-18-5-2-6-19-39)51-28-15-25-46-44-23-11-14-29-53(44)60-56(46)51/h1-35,58H. The molecule has 1 spiro atoms. The number of nitrogens with one attached hydrogen (secondary N) is 1. The predicted octanol–water partition coefficient (Wildman–Crippen LogP) is 15.9. The van der Waals surface area contributed by atoms with E-state index < -0.39 is 5.41 Å². The van der Waals surface area contributed by atoms with Crippen molar-refractivity contribution < 1.29 is 0 Å². The van der Waals surface area contributed by atoms with E-state index in [1.54, 1.807) is 0 Å². The van der Waals surface area contributed by atoms with Crippen LogP contribution in [-0.2, 0) is 5.41 Å². The van der Waals surface area contributed by atoms with Gasteiger partial charge in [-0.25, -0.2) is 0 Å². The Labute approximate surface area is 352 Å². The van der Waals surface area contributed by atoms with Crippen molar-refractivity contribution in [3.8, 4) is 22.3 Å². The van der Waals surface area contributed by atoms with Gasteiger partial charge in [0, 0.05) is 37.9 Å². The van der Waals surface area contributed by atoms with Crippen LogP contribution in [0, 0.1) is 0 Å². The Kier molecular flexibility index (Phi) is 7.13. The molecular weight excluding hydrogens is 745 g/mol. The highest BCUT2D eigenvalue weighted by atomic mass is 32.1. The summed E-state index contributed by atoms with van der Waals surface area (Å²) in [6, 6.07) is 78.7. The van der Waals surface area contributed by atoms with Crippen molar-refractivity contribution in [1.82, 2.24) is 0 Å². The second-order valence-electron chi connectivity index (χ2n) is 16.0. The summed E-state index contributed by atoms with van der Waals surface area (Å²) in [6.07, 6.45) is 0. The van der Waals surface area contributed by atoms with Gasteiger partial charge < -0.3 is 10.2 Å². The summed E-state index contributed by atoms with van der Waals surface area (Å²) in [5.41, 5.74) is 15.7. The molecule has 3 heteroatoms. The summed E-state index contributed by atoms with van der Waals surface area (Å²) >= 11 is 1.88. The molecule has 0 amide bonds. The van der Waals surface area contributed by atoms with Gasteiger partial charge in [-0.3, -0.25) is 0 Å². The number of para-hydroxylation sites is 2. The first-order valence-electron chi connectivity index (χ1n) is 20.7. The predicted molar refractivity (Wildman–Crippen MR) is 255 cm³/mol. The van der Waals surface area contributed by atoms with E-state index in [1.807, 2.05) is 11.3 Å². The van der Waals surface area contributed by atoms with Crippen LogP contribution in [0.2, 0.25) is 0 Å². The van der Waals surface area contributed by atoms with Crippen LogP contribution in [0.25, 0.3) is 64.0 Å². The fourth-order valence-electron chi connectivity index (χ4n) is 10.7. The normalized spacial score (nSPS) is 13.1. The highest BCUT2D eigenvalue weighted by Gasteiger charge is 2.53. The maximum absolute atomic E-state index is 3.66. The molecular formula is C57H36N2S. The van der Waals surface area contributed by atoms with Crippen molar-refractivity contribution in [3.05, 3.63) is 235 Å². The minimum atomic E-state index is -0.559. The highest BCUT2D eigenvalue weighted by Crippen LogP contribution is 2.66. The van der Waals surface area contributed by atoms with Crippen LogP contribution >= 0.6 is 11.3 Å². The average molecular weight is 781 g/mol. The van der Waals surface area contributed by atoms with Crippen LogP contribution in [0.1, 0.15) is 22.3 Å². The summed E-state index contributed by atoms with van der Waals surface area (Å²) in [5.74, 6) is 0. The van der Waals surface area contributed by atoms with E-state index in [1.165, 1.54) is 97.6 Å². The Morgan fingerprint density at radius 2 is 1.05 bits per heavy atom. The number of nitrogens with zero attached hydrogens (tertiary/aromatic N) is 1. The molecule has 13 rings (SSSR count). The van der Waals surface area contributed by atoms with E-state index in [2.05, 4.69) is 223 Å². The van der Waals surface area contributed by atoms with Crippen LogP contribution in [0.3, 0.4) is 0 Å². The fraction of sp³-hybridized carbons (Fsp3) is 0.0175. The fourth-order valence-corrected chi connectivity index (χ4v) is 11.9. The lowest BCUT2D eigenvalue weighted by Crippen LogP contribution is -2.26. The van der Waals surface area contributed by atoms with Gasteiger partial charge in [0.15, 0.2) is 0 Å². The van der Waals surface area contributed by atoms with Crippen molar-refractivity contribution >= 4 is 81.5 Å². The van der Waals surface area contributed by atoms with Crippen LogP contribution in [0.4, 0.5) is 28.4 Å². The first kappa shape index (κ1) is 33.5. The molecule has 280 valence electrons. The number of benzene rings is 10. The zero-order valence-corrected chi connectivity index (χ0v) is 33.4. The molecule has 0 bridgehead atoms. The summed E-state index contributed by atoms with van der Waals surface area (Å²) in [7, 11) is 0. The second kappa shape index (κ2) is 12.8. The third kappa shape index (κ3) is 4.58. The quantitative estimate of drug-likeness (QED) is 0.187. The minimum Gasteiger partial charge on any atom is -0.356 e. The van der Waals surface area contributed by atoms with Crippen molar-refractivity contribution in [3.63, 3.8) is 0 Å². The summed E-state index contributed by atoms with van der Waals surface area (Å²) in [4.78, 5) is 2.53. The van der Waals surface area contributed by atoms with Crippen molar-refractivity contribution in [1.29, 1.82) is 0 Å². The van der Waals surface area contributed by atoms with E-state index in [0.717, 1.165) is 17.1 Å². The van der Waals surface area contributed by atoms with Crippen molar-refractivity contribution in [2.24, 2.45) is 0 Å². The van der Waals surface area contributed by atoms with Gasteiger partial charge in [0.2, 0.25) is 0 Å². The molecule has 1 N–H and O–H groups in total. The first-order valence-corrected chi connectivity index (χ1v) is 21.5. The Bertz CT molecular complexity index is 3480. The molecule has 0 saturated carbocycles. The molecule has 0 saturated heterocycles. The monoisotopic (exact) mass is 780 g/mol. The van der Waals surface area contributed by atoms with Crippen LogP contribution in [-0.4, -0.2) is 0 Å². The van der Waals surface area contributed by atoms with E-state index in [0.29, 0.717) is 0 Å². The molecule has 2 nitrogen and oxygen atoms in total. The van der Waals surface area contributed by atoms with E-state index in [-0.39, 0.29) is 0 Å². The zero-order valence-electron chi connectivity index (χ0n) is 32.6. The third-order valence-electron chi connectivity index (χ3n) is 13.0. The van der Waals surface area contributed by atoms with Gasteiger partial charge in [-0.1, -0.05) is 158 Å². The number of fused-ring (bicyclic) bond motifs is 17. The minimum absolute atomic E-state index is 0.559. The number of thiophene rings is 1. The van der Waals surface area contributed by atoms with Crippen LogP contribution in [0.15, 0.2) is 212 Å². The molecule has 0 radical (unpaired) electrons. The summed E-state index contributed by atoms with van der Waals surface area (Å²) in [6.45, 7) is 0. The molecule has 0 atom stereocenters. The summed E-state index contributed by atoms with van der Waals surface area (Å²) in [5, 5.41) is 11.2. The molecule has 2 aliphatic rings. The molecule has 1 heterocycles. The first-order chi connectivity index (χ1) is 29.8. The number of anilines is 5. The molecule has 11 aromatic rings. The van der Waals surface area contributed by atoms with Crippen LogP contribution in [0.5, 0.6) is 0 Å². The Hall–Kier alpha value is -7.46. The Morgan fingerprint density at radius 1 is 0.400 bits per heavy atom. The second-order valence-corrected chi connectivity index (χ2v) is 17.1. The van der Waals surface area contributed by atoms with Gasteiger partial charge in [-0.15, -0.1) is 11.3 Å². The van der Waals surface area contributed by atoms with Gasteiger partial charge in [-0.05, 0) is 115 Å².